The van der Waals surface area contributed by atoms with Gasteiger partial charge in [0.25, 0.3) is 0 Å². The molecule has 0 aliphatic heterocycles. The molecule has 3 rings (SSSR count). The van der Waals surface area contributed by atoms with Crippen molar-refractivity contribution in [2.75, 3.05) is 27.7 Å². The first-order chi connectivity index (χ1) is 13.5. The summed E-state index contributed by atoms with van der Waals surface area (Å²) in [6, 6.07) is 3.98. The monoisotopic (exact) mass is 511 g/mol. The number of nitrogens with zero attached hydrogens (tertiary/aromatic N) is 5. The molecular weight excluding hydrogens is 481 g/mol. The molecule has 1 fully saturated rings. The third kappa shape index (κ3) is 5.68. The number of hydrogen-bond donors (Lipinski definition) is 2. The summed E-state index contributed by atoms with van der Waals surface area (Å²) in [5.74, 6) is 1.72. The average molecular weight is 511 g/mol. The van der Waals surface area contributed by atoms with Crippen LogP contribution in [0.2, 0.25) is 0 Å². The number of guanidine groups is 1. The Labute approximate surface area is 189 Å². The molecule has 2 aromatic heterocycles. The van der Waals surface area contributed by atoms with Gasteiger partial charge in [-0.25, -0.2) is 9.97 Å². The highest BCUT2D eigenvalue weighted by molar-refractivity contribution is 14.0. The number of carbonyl (C=O) groups is 1. The van der Waals surface area contributed by atoms with Crippen LogP contribution in [0.5, 0.6) is 0 Å². The molecule has 0 radical (unpaired) electrons. The van der Waals surface area contributed by atoms with E-state index in [1.807, 2.05) is 43.2 Å². The maximum Gasteiger partial charge on any atom is 0.230 e. The molecule has 0 unspecified atom stereocenters. The molecule has 1 aliphatic carbocycles. The van der Waals surface area contributed by atoms with E-state index in [-0.39, 0.29) is 35.3 Å². The lowest BCUT2D eigenvalue weighted by atomic mass is 9.84. The van der Waals surface area contributed by atoms with Gasteiger partial charge < -0.3 is 15.5 Å². The molecule has 1 amide bonds. The van der Waals surface area contributed by atoms with Crippen molar-refractivity contribution < 1.29 is 4.79 Å². The van der Waals surface area contributed by atoms with Crippen molar-refractivity contribution in [3.8, 4) is 5.82 Å². The van der Waals surface area contributed by atoms with E-state index in [9.17, 15) is 4.79 Å². The Morgan fingerprint density at radius 3 is 2.59 bits per heavy atom. The van der Waals surface area contributed by atoms with Gasteiger partial charge in [0.1, 0.15) is 12.1 Å². The molecule has 8 nitrogen and oxygen atoms in total. The normalized spacial score (nSPS) is 15.5. The number of hydrogen-bond acceptors (Lipinski definition) is 4. The minimum absolute atomic E-state index is 0. The lowest BCUT2D eigenvalue weighted by Crippen LogP contribution is -2.49. The molecule has 2 aromatic rings. The van der Waals surface area contributed by atoms with Crippen molar-refractivity contribution in [1.29, 1.82) is 0 Å². The second-order valence-corrected chi connectivity index (χ2v) is 7.46. The smallest absolute Gasteiger partial charge is 0.230 e. The van der Waals surface area contributed by atoms with Crippen LogP contribution in [0.4, 0.5) is 0 Å². The summed E-state index contributed by atoms with van der Waals surface area (Å²) < 4.78 is 1.86. The van der Waals surface area contributed by atoms with Gasteiger partial charge in [0.15, 0.2) is 5.96 Å². The number of aromatic nitrogens is 3. The number of rotatable bonds is 6. The van der Waals surface area contributed by atoms with Crippen molar-refractivity contribution >= 4 is 35.8 Å². The minimum atomic E-state index is -0.324. The summed E-state index contributed by atoms with van der Waals surface area (Å²) in [6.45, 7) is 1.20. The van der Waals surface area contributed by atoms with Gasteiger partial charge in [-0.3, -0.25) is 14.4 Å². The predicted octanol–water partition coefficient (Wildman–Crippen LogP) is 2.20. The van der Waals surface area contributed by atoms with Crippen LogP contribution in [-0.4, -0.2) is 59.0 Å². The number of nitrogens with one attached hydrogen (secondary N) is 2. The fraction of sp³-hybridized carbons (Fsp3) is 0.500. The van der Waals surface area contributed by atoms with Crippen LogP contribution in [0.15, 0.2) is 42.0 Å². The minimum Gasteiger partial charge on any atom is -0.355 e. The lowest BCUT2D eigenvalue weighted by molar-refractivity contribution is -0.138. The van der Waals surface area contributed by atoms with E-state index in [1.54, 1.807) is 24.5 Å². The number of carbonyl (C=O) groups excluding carboxylic acids is 1. The van der Waals surface area contributed by atoms with E-state index < -0.39 is 0 Å². The summed E-state index contributed by atoms with van der Waals surface area (Å²) in [4.78, 5) is 27.2. The number of halogens is 1. The molecular formula is C20H30IN7O. The van der Waals surface area contributed by atoms with Crippen LogP contribution in [0.25, 0.3) is 5.82 Å². The maximum absolute atomic E-state index is 12.7. The Morgan fingerprint density at radius 2 is 2.03 bits per heavy atom. The van der Waals surface area contributed by atoms with Crippen LogP contribution < -0.4 is 10.6 Å². The zero-order valence-electron chi connectivity index (χ0n) is 17.3. The summed E-state index contributed by atoms with van der Waals surface area (Å²) in [6.07, 6.45) is 11.2. The van der Waals surface area contributed by atoms with E-state index in [2.05, 4.69) is 25.6 Å². The van der Waals surface area contributed by atoms with Gasteiger partial charge in [0.2, 0.25) is 5.91 Å². The van der Waals surface area contributed by atoms with Gasteiger partial charge in [-0.05, 0) is 24.5 Å². The molecule has 29 heavy (non-hydrogen) atoms. The number of imidazole rings is 1. The van der Waals surface area contributed by atoms with Gasteiger partial charge in [-0.15, -0.1) is 24.0 Å². The molecule has 0 spiro atoms. The number of amides is 1. The van der Waals surface area contributed by atoms with E-state index in [1.165, 1.54) is 0 Å². The molecule has 0 bridgehead atoms. The Balaban J connectivity index is 0.00000300. The zero-order valence-corrected chi connectivity index (χ0v) is 19.6. The molecule has 158 valence electrons. The number of aliphatic imine (C=N–C) groups is 1. The largest absolute Gasteiger partial charge is 0.355 e. The first-order valence-corrected chi connectivity index (χ1v) is 9.64. The van der Waals surface area contributed by atoms with Crippen molar-refractivity contribution in [2.45, 2.75) is 32.2 Å². The fourth-order valence-corrected chi connectivity index (χ4v) is 3.72. The van der Waals surface area contributed by atoms with Gasteiger partial charge >= 0.3 is 0 Å². The van der Waals surface area contributed by atoms with Crippen LogP contribution in [0.1, 0.15) is 31.2 Å². The highest BCUT2D eigenvalue weighted by Crippen LogP contribution is 2.38. The first kappa shape index (κ1) is 23.1. The molecule has 0 atom stereocenters. The second-order valence-electron chi connectivity index (χ2n) is 7.46. The molecule has 1 saturated carbocycles. The fourth-order valence-electron chi connectivity index (χ4n) is 3.72. The van der Waals surface area contributed by atoms with Gasteiger partial charge in [0.05, 0.1) is 5.41 Å². The van der Waals surface area contributed by atoms with E-state index in [0.717, 1.165) is 37.1 Å². The van der Waals surface area contributed by atoms with Crippen LogP contribution in [-0.2, 0) is 11.3 Å². The Bertz CT molecular complexity index is 797. The SMILES string of the molecule is CN=C(NCc1ccc(-n2ccnc2)nc1)NCC1(C(=O)N(C)C)CCCC1.I. The third-order valence-corrected chi connectivity index (χ3v) is 5.28. The Hall–Kier alpha value is -2.17. The summed E-state index contributed by atoms with van der Waals surface area (Å²) >= 11 is 0. The first-order valence-electron chi connectivity index (χ1n) is 9.64. The molecule has 0 saturated heterocycles. The van der Waals surface area contributed by atoms with Crippen LogP contribution >= 0.6 is 24.0 Å². The molecule has 1 aliphatic rings. The zero-order chi connectivity index (χ0) is 20.0. The van der Waals surface area contributed by atoms with Crippen LogP contribution in [0.3, 0.4) is 0 Å². The lowest BCUT2D eigenvalue weighted by Gasteiger charge is -2.31. The van der Waals surface area contributed by atoms with Gasteiger partial charge in [0, 0.05) is 52.8 Å². The highest BCUT2D eigenvalue weighted by atomic mass is 127. The average Bonchev–Trinajstić information content (AvgIpc) is 3.41. The van der Waals surface area contributed by atoms with Gasteiger partial charge in [-0.1, -0.05) is 18.9 Å². The van der Waals surface area contributed by atoms with Crippen molar-refractivity contribution in [3.63, 3.8) is 0 Å². The topological polar surface area (TPSA) is 87.4 Å². The van der Waals surface area contributed by atoms with Crippen LogP contribution in [0, 0.1) is 5.41 Å². The summed E-state index contributed by atoms with van der Waals surface area (Å²) in [5, 5.41) is 6.65. The Morgan fingerprint density at radius 1 is 1.28 bits per heavy atom. The molecule has 0 aromatic carbocycles. The third-order valence-electron chi connectivity index (χ3n) is 5.28. The van der Waals surface area contributed by atoms with E-state index in [4.69, 9.17) is 0 Å². The number of pyridine rings is 1. The molecule has 2 heterocycles. The molecule has 9 heteroatoms. The van der Waals surface area contributed by atoms with E-state index >= 15 is 0 Å². The second kappa shape index (κ2) is 10.6. The summed E-state index contributed by atoms with van der Waals surface area (Å²) in [5.41, 5.74) is 0.724. The Kier molecular flexibility index (Phi) is 8.42. The van der Waals surface area contributed by atoms with Crippen molar-refractivity contribution in [3.05, 3.63) is 42.6 Å². The van der Waals surface area contributed by atoms with E-state index in [0.29, 0.717) is 19.0 Å². The van der Waals surface area contributed by atoms with Crippen molar-refractivity contribution in [2.24, 2.45) is 10.4 Å². The molecule has 2 N–H and O–H groups in total. The quantitative estimate of drug-likeness (QED) is 0.353. The summed E-state index contributed by atoms with van der Waals surface area (Å²) in [7, 11) is 5.40. The highest BCUT2D eigenvalue weighted by Gasteiger charge is 2.42. The predicted molar refractivity (Wildman–Crippen MR) is 125 cm³/mol. The standard InChI is InChI=1S/C20H29N7O.HI/c1-21-19(25-14-20(8-4-5-9-20)18(28)26(2)3)24-13-16-6-7-17(23-12-16)27-11-10-22-15-27;/h6-7,10-12,15H,4-5,8-9,13-14H2,1-3H3,(H2,21,24,25);1H. The maximum atomic E-state index is 12.7. The van der Waals surface area contributed by atoms with Crippen molar-refractivity contribution in [1.82, 2.24) is 30.1 Å². The van der Waals surface area contributed by atoms with Gasteiger partial charge in [-0.2, -0.15) is 0 Å².